The first-order chi connectivity index (χ1) is 11.7. The lowest BCUT2D eigenvalue weighted by Gasteiger charge is -2.13. The topological polar surface area (TPSA) is 74.4 Å². The average molecular weight is 354 g/mol. The Balaban J connectivity index is 2.02. The van der Waals surface area contributed by atoms with E-state index in [2.05, 4.69) is 9.72 Å². The molecular weight excluding hydrogens is 337 g/mol. The largest absolute Gasteiger partial charge is 0.573 e. The molecule has 0 radical (unpaired) electrons. The number of pyridine rings is 1. The Morgan fingerprint density at radius 3 is 2.60 bits per heavy atom. The number of nitrogens with two attached hydrogens (primary N) is 1. The molecule has 5 nitrogen and oxygen atoms in total. The van der Waals surface area contributed by atoms with Gasteiger partial charge in [0, 0.05) is 24.8 Å². The van der Waals surface area contributed by atoms with Crippen LogP contribution >= 0.6 is 0 Å². The first kappa shape index (κ1) is 18.6. The number of halogens is 3. The minimum absolute atomic E-state index is 0.179. The standard InChI is InChI=1S/C17H17F3N2O3/c1-11-5-7-13(9-14(11)25-17(18,19)20)24-16-8-6-12(10-22-16)3-2-4-15(21)23/h5-10H,2-4H2,1H3,(H2,21,23). The van der Waals surface area contributed by atoms with Crippen LogP contribution in [0.4, 0.5) is 13.2 Å². The van der Waals surface area contributed by atoms with Crippen LogP contribution in [0, 0.1) is 6.92 Å². The second kappa shape index (κ2) is 7.87. The lowest BCUT2D eigenvalue weighted by atomic mass is 10.1. The molecule has 0 aliphatic carbocycles. The highest BCUT2D eigenvalue weighted by molar-refractivity contribution is 5.73. The van der Waals surface area contributed by atoms with E-state index in [1.807, 2.05) is 0 Å². The van der Waals surface area contributed by atoms with E-state index in [1.165, 1.54) is 19.1 Å². The Kier molecular flexibility index (Phi) is 5.84. The first-order valence-electron chi connectivity index (χ1n) is 7.50. The van der Waals surface area contributed by atoms with Gasteiger partial charge in [-0.15, -0.1) is 13.2 Å². The Morgan fingerprint density at radius 2 is 2.00 bits per heavy atom. The van der Waals surface area contributed by atoms with E-state index in [-0.39, 0.29) is 23.3 Å². The molecule has 0 unspecified atom stereocenters. The van der Waals surface area contributed by atoms with Gasteiger partial charge in [-0.3, -0.25) is 4.79 Å². The van der Waals surface area contributed by atoms with E-state index < -0.39 is 6.36 Å². The maximum Gasteiger partial charge on any atom is 0.573 e. The van der Waals surface area contributed by atoms with Crippen molar-refractivity contribution in [3.63, 3.8) is 0 Å². The van der Waals surface area contributed by atoms with Crippen molar-refractivity contribution in [3.8, 4) is 17.4 Å². The summed E-state index contributed by atoms with van der Waals surface area (Å²) in [5.74, 6) is -0.267. The molecule has 8 heteroatoms. The Labute approximate surface area is 142 Å². The Morgan fingerprint density at radius 1 is 1.24 bits per heavy atom. The van der Waals surface area contributed by atoms with Crippen LogP contribution in [0.15, 0.2) is 36.5 Å². The summed E-state index contributed by atoms with van der Waals surface area (Å²) >= 11 is 0. The Hall–Kier alpha value is -2.77. The predicted octanol–water partition coefficient (Wildman–Crippen LogP) is 3.89. The van der Waals surface area contributed by atoms with Crippen LogP contribution < -0.4 is 15.2 Å². The maximum atomic E-state index is 12.4. The van der Waals surface area contributed by atoms with Crippen LogP contribution in [-0.2, 0) is 11.2 Å². The number of aromatic nitrogens is 1. The molecule has 0 aliphatic heterocycles. The molecule has 0 fully saturated rings. The molecule has 2 rings (SSSR count). The van der Waals surface area contributed by atoms with Crippen LogP contribution in [0.2, 0.25) is 0 Å². The highest BCUT2D eigenvalue weighted by Gasteiger charge is 2.31. The average Bonchev–Trinajstić information content (AvgIpc) is 2.51. The number of aryl methyl sites for hydroxylation is 2. The summed E-state index contributed by atoms with van der Waals surface area (Å²) in [6.45, 7) is 1.50. The number of rotatable bonds is 7. The third-order valence-electron chi connectivity index (χ3n) is 3.29. The van der Waals surface area contributed by atoms with Gasteiger partial charge in [-0.25, -0.2) is 4.98 Å². The lowest BCUT2D eigenvalue weighted by molar-refractivity contribution is -0.274. The summed E-state index contributed by atoms with van der Waals surface area (Å²) in [4.78, 5) is 14.8. The zero-order chi connectivity index (χ0) is 18.4. The van der Waals surface area contributed by atoms with Crippen LogP contribution in [0.1, 0.15) is 24.0 Å². The second-order valence-corrected chi connectivity index (χ2v) is 5.40. The van der Waals surface area contributed by atoms with E-state index in [9.17, 15) is 18.0 Å². The predicted molar refractivity (Wildman–Crippen MR) is 84.3 cm³/mol. The molecule has 0 spiro atoms. The molecule has 2 N–H and O–H groups in total. The van der Waals surface area contributed by atoms with Crippen LogP contribution in [0.25, 0.3) is 0 Å². The van der Waals surface area contributed by atoms with E-state index in [0.29, 0.717) is 24.8 Å². The third kappa shape index (κ3) is 6.33. The van der Waals surface area contributed by atoms with Crippen molar-refractivity contribution in [3.05, 3.63) is 47.7 Å². The molecule has 2 aromatic rings. The molecule has 0 atom stereocenters. The van der Waals surface area contributed by atoms with Crippen molar-refractivity contribution in [2.45, 2.75) is 32.5 Å². The molecule has 1 aromatic carbocycles. The van der Waals surface area contributed by atoms with Gasteiger partial charge >= 0.3 is 6.36 Å². The highest BCUT2D eigenvalue weighted by Crippen LogP contribution is 2.31. The number of carbonyl (C=O) groups excluding carboxylic acids is 1. The SMILES string of the molecule is Cc1ccc(Oc2ccc(CCCC(N)=O)cn2)cc1OC(F)(F)F. The quantitative estimate of drug-likeness (QED) is 0.819. The zero-order valence-corrected chi connectivity index (χ0v) is 13.5. The van der Waals surface area contributed by atoms with Crippen molar-refractivity contribution >= 4 is 5.91 Å². The van der Waals surface area contributed by atoms with Gasteiger partial charge < -0.3 is 15.2 Å². The van der Waals surface area contributed by atoms with E-state index in [0.717, 1.165) is 11.6 Å². The fraction of sp³-hybridized carbons (Fsp3) is 0.294. The molecule has 25 heavy (non-hydrogen) atoms. The van der Waals surface area contributed by atoms with Gasteiger partial charge in [-0.05, 0) is 37.0 Å². The minimum atomic E-state index is -4.77. The van der Waals surface area contributed by atoms with Gasteiger partial charge in [0.15, 0.2) is 0 Å². The fourth-order valence-corrected chi connectivity index (χ4v) is 2.09. The summed E-state index contributed by atoms with van der Waals surface area (Å²) in [6.07, 6.45) is -1.63. The van der Waals surface area contributed by atoms with Gasteiger partial charge in [0.2, 0.25) is 11.8 Å². The number of carbonyl (C=O) groups is 1. The fourth-order valence-electron chi connectivity index (χ4n) is 2.09. The summed E-state index contributed by atoms with van der Waals surface area (Å²) in [6, 6.07) is 7.52. The molecule has 0 saturated carbocycles. The smallest absolute Gasteiger partial charge is 0.439 e. The van der Waals surface area contributed by atoms with Crippen LogP contribution in [0.3, 0.4) is 0 Å². The van der Waals surface area contributed by atoms with Gasteiger partial charge in [0.1, 0.15) is 11.5 Å². The number of alkyl halides is 3. The number of hydrogen-bond donors (Lipinski definition) is 1. The highest BCUT2D eigenvalue weighted by atomic mass is 19.4. The van der Waals surface area contributed by atoms with E-state index in [4.69, 9.17) is 10.5 Å². The number of amides is 1. The van der Waals surface area contributed by atoms with Gasteiger partial charge in [0.05, 0.1) is 0 Å². The summed E-state index contributed by atoms with van der Waals surface area (Å²) in [5, 5.41) is 0. The maximum absolute atomic E-state index is 12.4. The van der Waals surface area contributed by atoms with Crippen LogP contribution in [-0.4, -0.2) is 17.3 Å². The summed E-state index contributed by atoms with van der Waals surface area (Å²) in [7, 11) is 0. The number of nitrogens with zero attached hydrogens (tertiary/aromatic N) is 1. The molecule has 0 aliphatic rings. The first-order valence-corrected chi connectivity index (χ1v) is 7.50. The van der Waals surface area contributed by atoms with Crippen molar-refractivity contribution in [1.82, 2.24) is 4.98 Å². The second-order valence-electron chi connectivity index (χ2n) is 5.40. The number of ether oxygens (including phenoxy) is 2. The lowest BCUT2D eigenvalue weighted by Crippen LogP contribution is -2.17. The Bertz CT molecular complexity index is 731. The number of primary amides is 1. The van der Waals surface area contributed by atoms with Crippen LogP contribution in [0.5, 0.6) is 17.4 Å². The van der Waals surface area contributed by atoms with E-state index in [1.54, 1.807) is 18.3 Å². The van der Waals surface area contributed by atoms with Gasteiger partial charge in [-0.1, -0.05) is 12.1 Å². The molecule has 0 bridgehead atoms. The van der Waals surface area contributed by atoms with Crippen molar-refractivity contribution in [2.24, 2.45) is 5.73 Å². The zero-order valence-electron chi connectivity index (χ0n) is 13.5. The van der Waals surface area contributed by atoms with Gasteiger partial charge in [-0.2, -0.15) is 0 Å². The molecular formula is C17H17F3N2O3. The molecule has 134 valence electrons. The monoisotopic (exact) mass is 354 g/mol. The third-order valence-corrected chi connectivity index (χ3v) is 3.29. The normalized spacial score (nSPS) is 11.2. The van der Waals surface area contributed by atoms with Gasteiger partial charge in [0.25, 0.3) is 0 Å². The number of hydrogen-bond acceptors (Lipinski definition) is 4. The molecule has 1 heterocycles. The number of benzene rings is 1. The summed E-state index contributed by atoms with van der Waals surface area (Å²) < 4.78 is 46.5. The van der Waals surface area contributed by atoms with Crippen molar-refractivity contribution in [2.75, 3.05) is 0 Å². The van der Waals surface area contributed by atoms with Crippen molar-refractivity contribution < 1.29 is 27.4 Å². The molecule has 0 saturated heterocycles. The minimum Gasteiger partial charge on any atom is -0.439 e. The summed E-state index contributed by atoms with van der Waals surface area (Å²) in [5.41, 5.74) is 6.31. The molecule has 1 amide bonds. The van der Waals surface area contributed by atoms with E-state index >= 15 is 0 Å². The molecule has 1 aromatic heterocycles. The van der Waals surface area contributed by atoms with Crippen molar-refractivity contribution in [1.29, 1.82) is 0 Å².